The van der Waals surface area contributed by atoms with E-state index in [1.807, 2.05) is 0 Å². The normalized spacial score (nSPS) is 35.0. The van der Waals surface area contributed by atoms with E-state index in [2.05, 4.69) is 0 Å². The summed E-state index contributed by atoms with van der Waals surface area (Å²) in [6.07, 6.45) is 3.46. The van der Waals surface area contributed by atoms with Crippen molar-refractivity contribution in [1.29, 1.82) is 0 Å². The van der Waals surface area contributed by atoms with E-state index in [0.29, 0.717) is 25.8 Å². The third kappa shape index (κ3) is 2.22. The van der Waals surface area contributed by atoms with Crippen molar-refractivity contribution in [1.82, 2.24) is 4.31 Å². The van der Waals surface area contributed by atoms with Crippen molar-refractivity contribution in [2.45, 2.75) is 38.1 Å². The van der Waals surface area contributed by atoms with Crippen molar-refractivity contribution in [3.05, 3.63) is 0 Å². The highest BCUT2D eigenvalue weighted by molar-refractivity contribution is 7.89. The van der Waals surface area contributed by atoms with Crippen LogP contribution in [0.15, 0.2) is 0 Å². The van der Waals surface area contributed by atoms with Crippen molar-refractivity contribution in [2.75, 3.05) is 12.3 Å². The second kappa shape index (κ2) is 4.33. The Hall–Kier alpha value is -0.620. The van der Waals surface area contributed by atoms with Gasteiger partial charge < -0.3 is 5.11 Å². The Balaban J connectivity index is 2.07. The summed E-state index contributed by atoms with van der Waals surface area (Å²) in [4.78, 5) is 10.9. The number of hydrogen-bond donors (Lipinski definition) is 1. The van der Waals surface area contributed by atoms with Crippen LogP contribution in [0.4, 0.5) is 0 Å². The van der Waals surface area contributed by atoms with Crippen LogP contribution in [0.5, 0.6) is 0 Å². The predicted molar refractivity (Wildman–Crippen MR) is 58.5 cm³/mol. The lowest BCUT2D eigenvalue weighted by atomic mass is 9.86. The van der Waals surface area contributed by atoms with Crippen LogP contribution in [-0.4, -0.2) is 42.1 Å². The molecule has 2 rings (SSSR count). The first-order valence-electron chi connectivity index (χ1n) is 5.73. The molecule has 0 radical (unpaired) electrons. The summed E-state index contributed by atoms with van der Waals surface area (Å²) < 4.78 is 25.0. The van der Waals surface area contributed by atoms with E-state index >= 15 is 0 Å². The molecule has 2 aliphatic rings. The zero-order valence-corrected chi connectivity index (χ0v) is 9.95. The van der Waals surface area contributed by atoms with Crippen LogP contribution >= 0.6 is 0 Å². The van der Waals surface area contributed by atoms with E-state index in [9.17, 15) is 13.2 Å². The maximum atomic E-state index is 11.7. The smallest absolute Gasteiger partial charge is 0.306 e. The number of carboxylic acid groups (broad SMARTS) is 1. The zero-order chi connectivity index (χ0) is 11.8. The quantitative estimate of drug-likeness (QED) is 0.778. The fraction of sp³-hybridized carbons (Fsp3) is 0.900. The molecular formula is C10H17NO4S. The van der Waals surface area contributed by atoms with E-state index in [-0.39, 0.29) is 17.7 Å². The molecule has 5 nitrogen and oxygen atoms in total. The molecule has 0 aromatic carbocycles. The average Bonchev–Trinajstić information content (AvgIpc) is 2.58. The number of hydrogen-bond acceptors (Lipinski definition) is 3. The number of carbonyl (C=O) groups is 1. The lowest BCUT2D eigenvalue weighted by molar-refractivity contribution is -0.143. The molecule has 1 heterocycles. The minimum Gasteiger partial charge on any atom is -0.481 e. The van der Waals surface area contributed by atoms with E-state index < -0.39 is 16.0 Å². The Bertz CT molecular complexity index is 378. The molecule has 16 heavy (non-hydrogen) atoms. The minimum absolute atomic E-state index is 0.0812. The molecule has 2 atom stereocenters. The fourth-order valence-electron chi connectivity index (χ4n) is 2.72. The summed E-state index contributed by atoms with van der Waals surface area (Å²) in [6, 6.07) is -0.0812. The van der Waals surface area contributed by atoms with E-state index in [4.69, 9.17) is 5.11 Å². The topological polar surface area (TPSA) is 74.7 Å². The summed E-state index contributed by atoms with van der Waals surface area (Å²) in [6.45, 7) is 0.569. The minimum atomic E-state index is -3.10. The molecule has 1 aliphatic heterocycles. The summed E-state index contributed by atoms with van der Waals surface area (Å²) in [7, 11) is -3.10. The average molecular weight is 247 g/mol. The van der Waals surface area contributed by atoms with Crippen molar-refractivity contribution < 1.29 is 18.3 Å². The lowest BCUT2D eigenvalue weighted by Gasteiger charge is -2.32. The van der Waals surface area contributed by atoms with Gasteiger partial charge in [-0.3, -0.25) is 4.79 Å². The predicted octanol–water partition coefficient (Wildman–Crippen LogP) is 0.665. The van der Waals surface area contributed by atoms with Crippen LogP contribution in [-0.2, 0) is 14.8 Å². The first-order chi connectivity index (χ1) is 7.50. The molecule has 6 heteroatoms. The maximum absolute atomic E-state index is 11.7. The highest BCUT2D eigenvalue weighted by Gasteiger charge is 2.38. The summed E-state index contributed by atoms with van der Waals surface area (Å²) in [5.41, 5.74) is 0. The lowest BCUT2D eigenvalue weighted by Crippen LogP contribution is -2.41. The molecule has 1 saturated heterocycles. The maximum Gasteiger partial charge on any atom is 0.306 e. The van der Waals surface area contributed by atoms with Crippen molar-refractivity contribution in [3.63, 3.8) is 0 Å². The number of rotatable bonds is 2. The fourth-order valence-corrected chi connectivity index (χ4v) is 4.50. The van der Waals surface area contributed by atoms with Gasteiger partial charge in [-0.15, -0.1) is 0 Å². The van der Waals surface area contributed by atoms with Crippen LogP contribution in [0.2, 0.25) is 0 Å². The monoisotopic (exact) mass is 247 g/mol. The highest BCUT2D eigenvalue weighted by Crippen LogP contribution is 2.31. The summed E-state index contributed by atoms with van der Waals surface area (Å²) in [5.74, 6) is -0.933. The summed E-state index contributed by atoms with van der Waals surface area (Å²) in [5, 5.41) is 8.96. The molecule has 2 fully saturated rings. The molecule has 0 aromatic heterocycles. The van der Waals surface area contributed by atoms with Gasteiger partial charge in [0.2, 0.25) is 10.0 Å². The van der Waals surface area contributed by atoms with Crippen LogP contribution in [0.1, 0.15) is 32.1 Å². The van der Waals surface area contributed by atoms with Crippen molar-refractivity contribution in [2.24, 2.45) is 5.92 Å². The van der Waals surface area contributed by atoms with E-state index in [1.165, 1.54) is 4.31 Å². The van der Waals surface area contributed by atoms with Gasteiger partial charge in [-0.2, -0.15) is 4.31 Å². The van der Waals surface area contributed by atoms with Gasteiger partial charge in [0.15, 0.2) is 0 Å². The van der Waals surface area contributed by atoms with E-state index in [1.54, 1.807) is 0 Å². The van der Waals surface area contributed by atoms with Gasteiger partial charge in [0.1, 0.15) is 0 Å². The SMILES string of the molecule is O=C(O)C1CCCC(N2CCCS2(=O)=O)C1. The zero-order valence-electron chi connectivity index (χ0n) is 9.13. The molecule has 1 saturated carbocycles. The third-order valence-electron chi connectivity index (χ3n) is 3.54. The van der Waals surface area contributed by atoms with Crippen LogP contribution in [0.25, 0.3) is 0 Å². The third-order valence-corrected chi connectivity index (χ3v) is 5.54. The molecule has 92 valence electrons. The molecule has 0 amide bonds. The second-order valence-electron chi connectivity index (χ2n) is 4.64. The number of nitrogens with zero attached hydrogens (tertiary/aromatic N) is 1. The molecule has 1 N–H and O–H groups in total. The van der Waals surface area contributed by atoms with Gasteiger partial charge in [0, 0.05) is 12.6 Å². The highest BCUT2D eigenvalue weighted by atomic mass is 32.2. The van der Waals surface area contributed by atoms with Crippen molar-refractivity contribution >= 4 is 16.0 Å². The van der Waals surface area contributed by atoms with Gasteiger partial charge in [-0.1, -0.05) is 6.42 Å². The van der Waals surface area contributed by atoms with Gasteiger partial charge in [0.05, 0.1) is 11.7 Å². The first kappa shape index (κ1) is 11.9. The molecule has 0 bridgehead atoms. The van der Waals surface area contributed by atoms with Gasteiger partial charge in [-0.05, 0) is 25.7 Å². The first-order valence-corrected chi connectivity index (χ1v) is 7.34. The van der Waals surface area contributed by atoms with Crippen LogP contribution in [0.3, 0.4) is 0 Å². The number of carboxylic acids is 1. The summed E-state index contributed by atoms with van der Waals surface area (Å²) >= 11 is 0. The number of sulfonamides is 1. The molecule has 2 unspecified atom stereocenters. The van der Waals surface area contributed by atoms with Gasteiger partial charge >= 0.3 is 5.97 Å². The molecule has 0 spiro atoms. The molecule has 0 aromatic rings. The Morgan fingerprint density at radius 2 is 2.00 bits per heavy atom. The van der Waals surface area contributed by atoms with Gasteiger partial charge in [-0.25, -0.2) is 8.42 Å². The standard InChI is InChI=1S/C10H17NO4S/c12-10(13)8-3-1-4-9(7-8)11-5-2-6-16(11,14)15/h8-9H,1-7H2,(H,12,13). The Kier molecular flexibility index (Phi) is 3.21. The Labute approximate surface area is 95.5 Å². The second-order valence-corrected chi connectivity index (χ2v) is 6.68. The molecular weight excluding hydrogens is 230 g/mol. The molecule has 1 aliphatic carbocycles. The number of aliphatic carboxylic acids is 1. The van der Waals surface area contributed by atoms with Crippen LogP contribution < -0.4 is 0 Å². The van der Waals surface area contributed by atoms with E-state index in [0.717, 1.165) is 12.8 Å². The largest absolute Gasteiger partial charge is 0.481 e. The Morgan fingerprint density at radius 3 is 2.56 bits per heavy atom. The van der Waals surface area contributed by atoms with Crippen molar-refractivity contribution in [3.8, 4) is 0 Å². The van der Waals surface area contributed by atoms with Gasteiger partial charge in [0.25, 0.3) is 0 Å². The Morgan fingerprint density at radius 1 is 1.25 bits per heavy atom. The van der Waals surface area contributed by atoms with Crippen LogP contribution in [0, 0.1) is 5.92 Å².